The highest BCUT2D eigenvalue weighted by Gasteiger charge is 2.26. The minimum Gasteiger partial charge on any atom is -0.291 e. The van der Waals surface area contributed by atoms with Crippen molar-refractivity contribution in [3.8, 4) is 0 Å². The number of pyridine rings is 1. The third-order valence-electron chi connectivity index (χ3n) is 4.13. The van der Waals surface area contributed by atoms with E-state index >= 15 is 0 Å². The van der Waals surface area contributed by atoms with Gasteiger partial charge in [0.1, 0.15) is 0 Å². The summed E-state index contributed by atoms with van der Waals surface area (Å²) in [5, 5.41) is 0. The van der Waals surface area contributed by atoms with Crippen molar-refractivity contribution in [1.82, 2.24) is 9.88 Å². The van der Waals surface area contributed by atoms with E-state index in [4.69, 9.17) is 0 Å². The molecule has 0 aliphatic carbocycles. The molecular formula is C17H20N2O2S. The van der Waals surface area contributed by atoms with E-state index in [9.17, 15) is 8.42 Å². The summed E-state index contributed by atoms with van der Waals surface area (Å²) in [4.78, 5) is 7.27. The van der Waals surface area contributed by atoms with E-state index in [1.54, 1.807) is 12.1 Å². The zero-order valence-electron chi connectivity index (χ0n) is 12.6. The first-order valence-corrected chi connectivity index (χ1v) is 9.37. The summed E-state index contributed by atoms with van der Waals surface area (Å²) in [6.07, 6.45) is 5.37. The topological polar surface area (TPSA) is 50.3 Å². The molecule has 0 saturated carbocycles. The lowest BCUT2D eigenvalue weighted by molar-refractivity contribution is 0.244. The van der Waals surface area contributed by atoms with Crippen molar-refractivity contribution < 1.29 is 8.42 Å². The van der Waals surface area contributed by atoms with Gasteiger partial charge < -0.3 is 0 Å². The zero-order valence-corrected chi connectivity index (χ0v) is 13.5. The number of hydrogen-bond donors (Lipinski definition) is 0. The fraction of sp³-hybridized carbons (Fsp3) is 0.353. The number of sulfone groups is 1. The van der Waals surface area contributed by atoms with Crippen LogP contribution in [0.25, 0.3) is 0 Å². The summed E-state index contributed by atoms with van der Waals surface area (Å²) >= 11 is 0. The van der Waals surface area contributed by atoms with Gasteiger partial charge in [-0.3, -0.25) is 9.88 Å². The lowest BCUT2D eigenvalue weighted by atomic mass is 10.1. The van der Waals surface area contributed by atoms with Crippen molar-refractivity contribution in [3.05, 3.63) is 59.9 Å². The predicted octanol–water partition coefficient (Wildman–Crippen LogP) is 2.82. The molecule has 1 unspecified atom stereocenters. The minimum absolute atomic E-state index is 0.357. The zero-order chi connectivity index (χ0) is 15.6. The Morgan fingerprint density at radius 3 is 2.59 bits per heavy atom. The smallest absolute Gasteiger partial charge is 0.175 e. The third-order valence-corrected chi connectivity index (χ3v) is 5.26. The molecule has 5 heteroatoms. The van der Waals surface area contributed by atoms with Crippen LogP contribution in [-0.2, 0) is 16.4 Å². The maximum absolute atomic E-state index is 11.5. The average molecular weight is 316 g/mol. The molecule has 116 valence electrons. The Bertz CT molecular complexity index is 727. The van der Waals surface area contributed by atoms with E-state index in [1.807, 2.05) is 30.5 Å². The van der Waals surface area contributed by atoms with E-state index in [2.05, 4.69) is 16.0 Å². The van der Waals surface area contributed by atoms with E-state index in [0.29, 0.717) is 10.9 Å². The molecule has 2 heterocycles. The van der Waals surface area contributed by atoms with Crippen LogP contribution < -0.4 is 0 Å². The van der Waals surface area contributed by atoms with Crippen molar-refractivity contribution in [2.45, 2.75) is 30.3 Å². The molecule has 0 spiro atoms. The highest BCUT2D eigenvalue weighted by molar-refractivity contribution is 7.90. The maximum atomic E-state index is 11.5. The standard InChI is InChI=1S/C17H20N2O2S/c1-22(20,21)15-9-7-14(8-10-15)13-19-12-4-6-17(19)16-5-2-3-11-18-16/h2-3,5,7-11,17H,4,6,12-13H2,1H3. The first kappa shape index (κ1) is 15.2. The number of likely N-dealkylation sites (tertiary alicyclic amines) is 1. The van der Waals surface area contributed by atoms with Gasteiger partial charge in [0.05, 0.1) is 16.6 Å². The van der Waals surface area contributed by atoms with Crippen LogP contribution in [0.4, 0.5) is 0 Å². The molecule has 1 atom stereocenters. The lowest BCUT2D eigenvalue weighted by Crippen LogP contribution is -2.23. The second-order valence-electron chi connectivity index (χ2n) is 5.80. The van der Waals surface area contributed by atoms with Crippen LogP contribution in [0.5, 0.6) is 0 Å². The average Bonchev–Trinajstić information content (AvgIpc) is 2.96. The van der Waals surface area contributed by atoms with Crippen molar-refractivity contribution >= 4 is 9.84 Å². The fourth-order valence-corrected chi connectivity index (χ4v) is 3.63. The van der Waals surface area contributed by atoms with E-state index in [0.717, 1.165) is 30.8 Å². The highest BCUT2D eigenvalue weighted by Crippen LogP contribution is 2.31. The largest absolute Gasteiger partial charge is 0.291 e. The van der Waals surface area contributed by atoms with E-state index in [1.165, 1.54) is 12.7 Å². The third kappa shape index (κ3) is 3.36. The summed E-state index contributed by atoms with van der Waals surface area (Å²) in [5.74, 6) is 0. The van der Waals surface area contributed by atoms with Crippen molar-refractivity contribution in [2.75, 3.05) is 12.8 Å². The molecule has 1 aromatic carbocycles. The van der Waals surface area contributed by atoms with Crippen LogP contribution in [-0.4, -0.2) is 31.1 Å². The van der Waals surface area contributed by atoms with E-state index in [-0.39, 0.29) is 0 Å². The maximum Gasteiger partial charge on any atom is 0.175 e. The molecular weight excluding hydrogens is 296 g/mol. The SMILES string of the molecule is CS(=O)(=O)c1ccc(CN2CCCC2c2ccccn2)cc1. The van der Waals surface area contributed by atoms with Gasteiger partial charge in [0.2, 0.25) is 0 Å². The molecule has 0 bridgehead atoms. The molecule has 22 heavy (non-hydrogen) atoms. The van der Waals surface area contributed by atoms with Gasteiger partial charge in [-0.05, 0) is 49.2 Å². The second-order valence-corrected chi connectivity index (χ2v) is 7.81. The van der Waals surface area contributed by atoms with E-state index < -0.39 is 9.84 Å². The van der Waals surface area contributed by atoms with Gasteiger partial charge in [-0.1, -0.05) is 18.2 Å². The van der Waals surface area contributed by atoms with Gasteiger partial charge in [0.25, 0.3) is 0 Å². The first-order valence-electron chi connectivity index (χ1n) is 7.48. The van der Waals surface area contributed by atoms with Crippen LogP contribution in [0.2, 0.25) is 0 Å². The lowest BCUT2D eigenvalue weighted by Gasteiger charge is -2.24. The minimum atomic E-state index is -3.12. The first-order chi connectivity index (χ1) is 10.5. The monoisotopic (exact) mass is 316 g/mol. The molecule has 1 aliphatic rings. The van der Waals surface area contributed by atoms with Crippen molar-refractivity contribution in [2.24, 2.45) is 0 Å². The number of aromatic nitrogens is 1. The number of nitrogens with zero attached hydrogens (tertiary/aromatic N) is 2. The number of rotatable bonds is 4. The summed E-state index contributed by atoms with van der Waals surface area (Å²) in [6, 6.07) is 13.6. The van der Waals surface area contributed by atoms with Crippen molar-refractivity contribution in [3.63, 3.8) is 0 Å². The Hall–Kier alpha value is -1.72. The molecule has 4 nitrogen and oxygen atoms in total. The normalized spacial score (nSPS) is 19.4. The van der Waals surface area contributed by atoms with Gasteiger partial charge in [-0.15, -0.1) is 0 Å². The van der Waals surface area contributed by atoms with Gasteiger partial charge in [-0.25, -0.2) is 8.42 Å². The second kappa shape index (κ2) is 6.18. The molecule has 0 N–H and O–H groups in total. The van der Waals surface area contributed by atoms with Crippen LogP contribution in [0.1, 0.15) is 30.1 Å². The summed E-state index contributed by atoms with van der Waals surface area (Å²) in [7, 11) is -3.12. The summed E-state index contributed by atoms with van der Waals surface area (Å²) < 4.78 is 23.0. The Morgan fingerprint density at radius 1 is 1.18 bits per heavy atom. The Kier molecular flexibility index (Phi) is 4.27. The Balaban J connectivity index is 1.75. The van der Waals surface area contributed by atoms with Gasteiger partial charge in [0.15, 0.2) is 9.84 Å². The van der Waals surface area contributed by atoms with Gasteiger partial charge >= 0.3 is 0 Å². The predicted molar refractivity (Wildman–Crippen MR) is 86.2 cm³/mol. The quantitative estimate of drug-likeness (QED) is 0.870. The number of benzene rings is 1. The highest BCUT2D eigenvalue weighted by atomic mass is 32.2. The van der Waals surface area contributed by atoms with Gasteiger partial charge in [-0.2, -0.15) is 0 Å². The fourth-order valence-electron chi connectivity index (χ4n) is 3.00. The Morgan fingerprint density at radius 2 is 1.95 bits per heavy atom. The van der Waals surface area contributed by atoms with Gasteiger partial charge in [0, 0.05) is 19.0 Å². The van der Waals surface area contributed by atoms with Crippen LogP contribution >= 0.6 is 0 Å². The number of hydrogen-bond acceptors (Lipinski definition) is 4. The summed E-state index contributed by atoms with van der Waals surface area (Å²) in [6.45, 7) is 1.88. The molecule has 1 fully saturated rings. The molecule has 0 amide bonds. The van der Waals surface area contributed by atoms with Crippen LogP contribution in [0, 0.1) is 0 Å². The molecule has 1 saturated heterocycles. The van der Waals surface area contributed by atoms with Crippen molar-refractivity contribution in [1.29, 1.82) is 0 Å². The van der Waals surface area contributed by atoms with Crippen LogP contribution in [0.3, 0.4) is 0 Å². The molecule has 1 aromatic heterocycles. The molecule has 2 aromatic rings. The Labute approximate surface area is 131 Å². The molecule has 3 rings (SSSR count). The summed E-state index contributed by atoms with van der Waals surface area (Å²) in [5.41, 5.74) is 2.25. The molecule has 0 radical (unpaired) electrons. The van der Waals surface area contributed by atoms with Crippen LogP contribution in [0.15, 0.2) is 53.6 Å². The molecule has 1 aliphatic heterocycles.